The van der Waals surface area contributed by atoms with E-state index in [1.807, 2.05) is 0 Å². The van der Waals surface area contributed by atoms with Gasteiger partial charge in [0.25, 0.3) is 0 Å². The predicted octanol–water partition coefficient (Wildman–Crippen LogP) is 2.44. The van der Waals surface area contributed by atoms with Gasteiger partial charge in [-0.05, 0) is 24.7 Å². The Bertz CT molecular complexity index is 514. The first-order valence-corrected chi connectivity index (χ1v) is 5.55. The van der Waals surface area contributed by atoms with E-state index >= 15 is 0 Å². The van der Waals surface area contributed by atoms with Crippen LogP contribution in [0.3, 0.4) is 0 Å². The predicted molar refractivity (Wildman–Crippen MR) is 65.2 cm³/mol. The SMILES string of the molecule is NCCc1ncc(-c2ccc(Cl)cc2F)cn1. The number of hydrogen-bond donors (Lipinski definition) is 1. The summed E-state index contributed by atoms with van der Waals surface area (Å²) in [7, 11) is 0. The van der Waals surface area contributed by atoms with Gasteiger partial charge in [-0.1, -0.05) is 11.6 Å². The summed E-state index contributed by atoms with van der Waals surface area (Å²) in [6.45, 7) is 0.495. The van der Waals surface area contributed by atoms with Crippen molar-refractivity contribution in [3.63, 3.8) is 0 Å². The highest BCUT2D eigenvalue weighted by Gasteiger charge is 2.06. The fourth-order valence-electron chi connectivity index (χ4n) is 1.48. The maximum Gasteiger partial charge on any atom is 0.132 e. The Morgan fingerprint density at radius 1 is 1.24 bits per heavy atom. The van der Waals surface area contributed by atoms with E-state index in [1.54, 1.807) is 24.5 Å². The van der Waals surface area contributed by atoms with Crippen molar-refractivity contribution in [3.05, 3.63) is 47.3 Å². The maximum absolute atomic E-state index is 13.6. The smallest absolute Gasteiger partial charge is 0.132 e. The quantitative estimate of drug-likeness (QED) is 0.912. The highest BCUT2D eigenvalue weighted by molar-refractivity contribution is 6.30. The molecule has 1 heterocycles. The molecule has 2 N–H and O–H groups in total. The average molecular weight is 252 g/mol. The van der Waals surface area contributed by atoms with Gasteiger partial charge >= 0.3 is 0 Å². The summed E-state index contributed by atoms with van der Waals surface area (Å²) < 4.78 is 13.6. The van der Waals surface area contributed by atoms with Crippen LogP contribution < -0.4 is 5.73 Å². The van der Waals surface area contributed by atoms with Gasteiger partial charge < -0.3 is 5.73 Å². The van der Waals surface area contributed by atoms with Crippen LogP contribution in [0.15, 0.2) is 30.6 Å². The molecule has 0 radical (unpaired) electrons. The largest absolute Gasteiger partial charge is 0.330 e. The minimum atomic E-state index is -0.382. The Labute approximate surface area is 103 Å². The van der Waals surface area contributed by atoms with Crippen molar-refractivity contribution < 1.29 is 4.39 Å². The molecule has 0 aliphatic rings. The molecule has 0 atom stereocenters. The number of nitrogens with zero attached hydrogens (tertiary/aromatic N) is 2. The normalized spacial score (nSPS) is 10.5. The number of aromatic nitrogens is 2. The number of rotatable bonds is 3. The zero-order valence-corrected chi connectivity index (χ0v) is 9.78. The maximum atomic E-state index is 13.6. The minimum Gasteiger partial charge on any atom is -0.330 e. The lowest BCUT2D eigenvalue weighted by Crippen LogP contribution is -2.06. The molecule has 0 aliphatic heterocycles. The lowest BCUT2D eigenvalue weighted by molar-refractivity contribution is 0.631. The molecule has 0 fully saturated rings. The number of nitrogens with two attached hydrogens (primary N) is 1. The lowest BCUT2D eigenvalue weighted by Gasteiger charge is -2.04. The van der Waals surface area contributed by atoms with Crippen molar-refractivity contribution in [2.45, 2.75) is 6.42 Å². The third kappa shape index (κ3) is 2.78. The molecule has 88 valence electrons. The van der Waals surface area contributed by atoms with Crippen LogP contribution in [0.5, 0.6) is 0 Å². The summed E-state index contributed by atoms with van der Waals surface area (Å²) in [5.41, 5.74) is 6.46. The molecule has 0 spiro atoms. The second kappa shape index (κ2) is 5.21. The van der Waals surface area contributed by atoms with E-state index in [4.69, 9.17) is 17.3 Å². The van der Waals surface area contributed by atoms with Crippen molar-refractivity contribution in [1.29, 1.82) is 0 Å². The van der Waals surface area contributed by atoms with Gasteiger partial charge in [0.05, 0.1) is 0 Å². The summed E-state index contributed by atoms with van der Waals surface area (Å²) in [4.78, 5) is 8.24. The van der Waals surface area contributed by atoms with Crippen LogP contribution in [0.4, 0.5) is 4.39 Å². The zero-order valence-electron chi connectivity index (χ0n) is 9.03. The molecule has 5 heteroatoms. The monoisotopic (exact) mass is 251 g/mol. The Kier molecular flexibility index (Phi) is 3.66. The van der Waals surface area contributed by atoms with Gasteiger partial charge in [-0.15, -0.1) is 0 Å². The highest BCUT2D eigenvalue weighted by atomic mass is 35.5. The second-order valence-electron chi connectivity index (χ2n) is 3.55. The van der Waals surface area contributed by atoms with Crippen LogP contribution in [0.1, 0.15) is 5.82 Å². The van der Waals surface area contributed by atoms with Gasteiger partial charge in [0.2, 0.25) is 0 Å². The van der Waals surface area contributed by atoms with Gasteiger partial charge in [-0.25, -0.2) is 14.4 Å². The van der Waals surface area contributed by atoms with E-state index < -0.39 is 0 Å². The zero-order chi connectivity index (χ0) is 12.3. The first-order chi connectivity index (χ1) is 8.20. The van der Waals surface area contributed by atoms with Crippen LogP contribution in [0.25, 0.3) is 11.1 Å². The molecule has 1 aromatic heterocycles. The molecule has 0 bridgehead atoms. The van der Waals surface area contributed by atoms with Crippen molar-refractivity contribution in [3.8, 4) is 11.1 Å². The van der Waals surface area contributed by atoms with Gasteiger partial charge in [0.15, 0.2) is 0 Å². The van der Waals surface area contributed by atoms with Gasteiger partial charge in [0.1, 0.15) is 11.6 Å². The van der Waals surface area contributed by atoms with Crippen molar-refractivity contribution in [1.82, 2.24) is 9.97 Å². The van der Waals surface area contributed by atoms with Crippen LogP contribution in [-0.4, -0.2) is 16.5 Å². The van der Waals surface area contributed by atoms with Gasteiger partial charge in [-0.2, -0.15) is 0 Å². The summed E-state index contributed by atoms with van der Waals surface area (Å²) in [5, 5.41) is 0.368. The first kappa shape index (κ1) is 12.0. The van der Waals surface area contributed by atoms with Crippen LogP contribution in [0.2, 0.25) is 5.02 Å². The van der Waals surface area contributed by atoms with Crippen molar-refractivity contribution >= 4 is 11.6 Å². The molecule has 2 rings (SSSR count). The van der Waals surface area contributed by atoms with E-state index in [2.05, 4.69) is 9.97 Å². The summed E-state index contributed by atoms with van der Waals surface area (Å²) in [5.74, 6) is 0.276. The van der Waals surface area contributed by atoms with E-state index in [0.29, 0.717) is 34.9 Å². The Hall–Kier alpha value is -1.52. The Morgan fingerprint density at radius 2 is 1.94 bits per heavy atom. The van der Waals surface area contributed by atoms with Gasteiger partial charge in [-0.3, -0.25) is 0 Å². The summed E-state index contributed by atoms with van der Waals surface area (Å²) >= 11 is 5.69. The van der Waals surface area contributed by atoms with Crippen LogP contribution in [0, 0.1) is 5.82 Å². The molecular weight excluding hydrogens is 241 g/mol. The fourth-order valence-corrected chi connectivity index (χ4v) is 1.63. The summed E-state index contributed by atoms with van der Waals surface area (Å²) in [6.07, 6.45) is 3.79. The van der Waals surface area contributed by atoms with E-state index in [9.17, 15) is 4.39 Å². The molecule has 2 aromatic rings. The van der Waals surface area contributed by atoms with E-state index in [-0.39, 0.29) is 5.82 Å². The Balaban J connectivity index is 2.33. The highest BCUT2D eigenvalue weighted by Crippen LogP contribution is 2.24. The second-order valence-corrected chi connectivity index (χ2v) is 3.99. The lowest BCUT2D eigenvalue weighted by atomic mass is 10.1. The molecule has 0 saturated heterocycles. The van der Waals surface area contributed by atoms with E-state index in [0.717, 1.165) is 0 Å². The Morgan fingerprint density at radius 3 is 2.53 bits per heavy atom. The van der Waals surface area contributed by atoms with Crippen LogP contribution in [-0.2, 0) is 6.42 Å². The number of hydrogen-bond acceptors (Lipinski definition) is 3. The van der Waals surface area contributed by atoms with Gasteiger partial charge in [0, 0.05) is 35.0 Å². The summed E-state index contributed by atoms with van der Waals surface area (Å²) in [6, 6.07) is 4.51. The molecular formula is C12H11ClFN3. The molecule has 17 heavy (non-hydrogen) atoms. The number of halogens is 2. The van der Waals surface area contributed by atoms with Crippen LogP contribution >= 0.6 is 11.6 Å². The third-order valence-corrected chi connectivity index (χ3v) is 2.55. The standard InChI is InChI=1S/C12H11ClFN3/c13-9-1-2-10(11(14)5-9)8-6-16-12(3-4-15)17-7-8/h1-2,5-7H,3-4,15H2. The molecule has 1 aromatic carbocycles. The topological polar surface area (TPSA) is 51.8 Å². The van der Waals surface area contributed by atoms with E-state index in [1.165, 1.54) is 6.07 Å². The molecule has 0 aliphatic carbocycles. The third-order valence-electron chi connectivity index (χ3n) is 2.32. The molecule has 0 unspecified atom stereocenters. The van der Waals surface area contributed by atoms with Crippen molar-refractivity contribution in [2.24, 2.45) is 5.73 Å². The average Bonchev–Trinajstić information content (AvgIpc) is 2.31. The molecule has 0 saturated carbocycles. The molecule has 0 amide bonds. The van der Waals surface area contributed by atoms with Crippen molar-refractivity contribution in [2.75, 3.05) is 6.54 Å². The first-order valence-electron chi connectivity index (χ1n) is 5.17. The fraction of sp³-hybridized carbons (Fsp3) is 0.167. The number of benzene rings is 1. The minimum absolute atomic E-state index is 0.368. The molecule has 3 nitrogen and oxygen atoms in total.